The largest absolute Gasteiger partial charge is 0.329 e. The molecular weight excluding hydrogens is 208 g/mol. The molecule has 0 aromatic rings. The number of rotatable bonds is 8. The van der Waals surface area contributed by atoms with E-state index in [1.807, 2.05) is 0 Å². The number of hydrogen-bond acceptors (Lipinski definition) is 2. The summed E-state index contributed by atoms with van der Waals surface area (Å²) in [7, 11) is 2.23. The van der Waals surface area contributed by atoms with Crippen LogP contribution in [-0.4, -0.2) is 30.6 Å². The molecule has 0 aliphatic carbocycles. The minimum Gasteiger partial charge on any atom is -0.329 e. The Kier molecular flexibility index (Phi) is 8.06. The molecule has 0 spiro atoms. The molecule has 0 aliphatic heterocycles. The molecule has 17 heavy (non-hydrogen) atoms. The molecule has 2 atom stereocenters. The van der Waals surface area contributed by atoms with E-state index in [9.17, 15) is 0 Å². The van der Waals surface area contributed by atoms with E-state index in [1.54, 1.807) is 0 Å². The Labute approximate surface area is 109 Å². The van der Waals surface area contributed by atoms with Gasteiger partial charge in [0.25, 0.3) is 0 Å². The van der Waals surface area contributed by atoms with E-state index >= 15 is 0 Å². The molecule has 0 heterocycles. The third-order valence-corrected chi connectivity index (χ3v) is 4.10. The van der Waals surface area contributed by atoms with Crippen LogP contribution in [0.25, 0.3) is 0 Å². The fourth-order valence-corrected chi connectivity index (χ4v) is 2.22. The molecule has 0 amide bonds. The first-order chi connectivity index (χ1) is 7.84. The van der Waals surface area contributed by atoms with Gasteiger partial charge in [-0.2, -0.15) is 0 Å². The van der Waals surface area contributed by atoms with Crippen LogP contribution in [0.3, 0.4) is 0 Å². The smallest absolute Gasteiger partial charge is 0.0218 e. The van der Waals surface area contributed by atoms with Crippen molar-refractivity contribution in [1.82, 2.24) is 4.90 Å². The minimum absolute atomic E-state index is 0.325. The van der Waals surface area contributed by atoms with Gasteiger partial charge in [-0.1, -0.05) is 53.4 Å². The Morgan fingerprint density at radius 1 is 1.12 bits per heavy atom. The van der Waals surface area contributed by atoms with E-state index in [1.165, 1.54) is 32.1 Å². The first-order valence-electron chi connectivity index (χ1n) is 7.26. The van der Waals surface area contributed by atoms with Gasteiger partial charge in [-0.3, -0.25) is 4.90 Å². The van der Waals surface area contributed by atoms with Crippen molar-refractivity contribution in [3.63, 3.8) is 0 Å². The predicted molar refractivity (Wildman–Crippen MR) is 78.3 cm³/mol. The van der Waals surface area contributed by atoms with Crippen molar-refractivity contribution >= 4 is 0 Å². The average molecular weight is 242 g/mol. The Morgan fingerprint density at radius 3 is 2.12 bits per heavy atom. The van der Waals surface area contributed by atoms with Gasteiger partial charge in [0.1, 0.15) is 0 Å². The Balaban J connectivity index is 4.16. The molecule has 0 saturated carbocycles. The van der Waals surface area contributed by atoms with Gasteiger partial charge >= 0.3 is 0 Å². The van der Waals surface area contributed by atoms with E-state index < -0.39 is 0 Å². The Morgan fingerprint density at radius 2 is 1.71 bits per heavy atom. The summed E-state index contributed by atoms with van der Waals surface area (Å²) in [5.41, 5.74) is 6.25. The lowest BCUT2D eigenvalue weighted by molar-refractivity contribution is 0.0946. The molecule has 2 unspecified atom stereocenters. The molecule has 0 saturated heterocycles. The van der Waals surface area contributed by atoms with E-state index in [0.717, 1.165) is 6.54 Å². The zero-order valence-electron chi connectivity index (χ0n) is 12.9. The van der Waals surface area contributed by atoms with Gasteiger partial charge in [-0.25, -0.2) is 0 Å². The highest BCUT2D eigenvalue weighted by atomic mass is 15.2. The van der Waals surface area contributed by atoms with Crippen LogP contribution in [0.5, 0.6) is 0 Å². The zero-order valence-corrected chi connectivity index (χ0v) is 12.9. The van der Waals surface area contributed by atoms with Crippen molar-refractivity contribution in [3.8, 4) is 0 Å². The highest BCUT2D eigenvalue weighted by Gasteiger charge is 2.27. The standard InChI is InChI=1S/C15H34N2/c1-7-8-9-10-11-14(12-16)17(6)13(2)15(3,4)5/h13-14H,7-12,16H2,1-6H3. The Bertz CT molecular complexity index is 184. The summed E-state index contributed by atoms with van der Waals surface area (Å²) in [5.74, 6) is 0. The van der Waals surface area contributed by atoms with Crippen LogP contribution in [0.2, 0.25) is 0 Å². The molecule has 0 bridgehead atoms. The summed E-state index contributed by atoms with van der Waals surface area (Å²) in [5, 5.41) is 0. The number of likely N-dealkylation sites (N-methyl/N-ethyl adjacent to an activating group) is 1. The topological polar surface area (TPSA) is 29.3 Å². The van der Waals surface area contributed by atoms with E-state index in [4.69, 9.17) is 5.73 Å². The molecule has 0 aliphatic rings. The van der Waals surface area contributed by atoms with Crippen LogP contribution in [0.15, 0.2) is 0 Å². The summed E-state index contributed by atoms with van der Waals surface area (Å²) in [6.07, 6.45) is 6.58. The average Bonchev–Trinajstić information content (AvgIpc) is 2.26. The molecule has 2 nitrogen and oxygen atoms in total. The predicted octanol–water partition coefficient (Wildman–Crippen LogP) is 3.65. The third-order valence-electron chi connectivity index (χ3n) is 4.10. The second kappa shape index (κ2) is 8.10. The van der Waals surface area contributed by atoms with E-state index in [2.05, 4.69) is 46.6 Å². The first-order valence-corrected chi connectivity index (χ1v) is 7.26. The van der Waals surface area contributed by atoms with Gasteiger partial charge in [-0.15, -0.1) is 0 Å². The van der Waals surface area contributed by atoms with Gasteiger partial charge < -0.3 is 5.73 Å². The van der Waals surface area contributed by atoms with Gasteiger partial charge in [0.15, 0.2) is 0 Å². The van der Waals surface area contributed by atoms with Crippen molar-refractivity contribution in [2.45, 2.75) is 78.8 Å². The van der Waals surface area contributed by atoms with Crippen LogP contribution in [0.1, 0.15) is 66.7 Å². The molecule has 0 radical (unpaired) electrons. The molecule has 2 heteroatoms. The van der Waals surface area contributed by atoms with Crippen LogP contribution < -0.4 is 5.73 Å². The van der Waals surface area contributed by atoms with Gasteiger partial charge in [0.05, 0.1) is 0 Å². The number of nitrogens with two attached hydrogens (primary N) is 1. The van der Waals surface area contributed by atoms with Crippen molar-refractivity contribution in [3.05, 3.63) is 0 Å². The summed E-state index contributed by atoms with van der Waals surface area (Å²) < 4.78 is 0. The first kappa shape index (κ1) is 16.9. The number of hydrogen-bond donors (Lipinski definition) is 1. The monoisotopic (exact) mass is 242 g/mol. The fourth-order valence-electron chi connectivity index (χ4n) is 2.22. The fraction of sp³-hybridized carbons (Fsp3) is 1.00. The lowest BCUT2D eigenvalue weighted by Crippen LogP contribution is -2.48. The highest BCUT2D eigenvalue weighted by molar-refractivity contribution is 4.82. The summed E-state index contributed by atoms with van der Waals surface area (Å²) in [6.45, 7) is 12.3. The second-order valence-corrected chi connectivity index (χ2v) is 6.45. The SMILES string of the molecule is CCCCCCC(CN)N(C)C(C)C(C)(C)C. The van der Waals surface area contributed by atoms with Gasteiger partial charge in [0, 0.05) is 18.6 Å². The lowest BCUT2D eigenvalue weighted by atomic mass is 9.86. The van der Waals surface area contributed by atoms with E-state index in [0.29, 0.717) is 17.5 Å². The summed E-state index contributed by atoms with van der Waals surface area (Å²) >= 11 is 0. The number of nitrogens with zero attached hydrogens (tertiary/aromatic N) is 1. The van der Waals surface area contributed by atoms with Crippen molar-refractivity contribution in [2.24, 2.45) is 11.1 Å². The third kappa shape index (κ3) is 6.42. The van der Waals surface area contributed by atoms with Crippen LogP contribution in [0.4, 0.5) is 0 Å². The molecule has 0 rings (SSSR count). The zero-order chi connectivity index (χ0) is 13.5. The number of unbranched alkanes of at least 4 members (excludes halogenated alkanes) is 3. The van der Waals surface area contributed by atoms with Crippen molar-refractivity contribution in [2.75, 3.05) is 13.6 Å². The maximum atomic E-state index is 5.93. The van der Waals surface area contributed by atoms with Crippen LogP contribution >= 0.6 is 0 Å². The minimum atomic E-state index is 0.325. The Hall–Kier alpha value is -0.0800. The highest BCUT2D eigenvalue weighted by Crippen LogP contribution is 2.25. The maximum absolute atomic E-state index is 5.93. The second-order valence-electron chi connectivity index (χ2n) is 6.45. The summed E-state index contributed by atoms with van der Waals surface area (Å²) in [6, 6.07) is 1.11. The van der Waals surface area contributed by atoms with E-state index in [-0.39, 0.29) is 0 Å². The van der Waals surface area contributed by atoms with Crippen LogP contribution in [0, 0.1) is 5.41 Å². The van der Waals surface area contributed by atoms with Gasteiger partial charge in [0.2, 0.25) is 0 Å². The molecule has 104 valence electrons. The van der Waals surface area contributed by atoms with Crippen LogP contribution in [-0.2, 0) is 0 Å². The quantitative estimate of drug-likeness (QED) is 0.658. The molecule has 0 aromatic carbocycles. The van der Waals surface area contributed by atoms with Gasteiger partial charge in [-0.05, 0) is 25.8 Å². The van der Waals surface area contributed by atoms with Crippen molar-refractivity contribution in [1.29, 1.82) is 0 Å². The lowest BCUT2D eigenvalue weighted by Gasteiger charge is -2.40. The molecular formula is C15H34N2. The molecule has 2 N–H and O–H groups in total. The normalized spacial score (nSPS) is 16.2. The summed E-state index contributed by atoms with van der Waals surface area (Å²) in [4.78, 5) is 2.48. The van der Waals surface area contributed by atoms with Crippen molar-refractivity contribution < 1.29 is 0 Å². The maximum Gasteiger partial charge on any atom is 0.0218 e. The molecule has 0 fully saturated rings. The molecule has 0 aromatic heterocycles.